The van der Waals surface area contributed by atoms with E-state index in [0.29, 0.717) is 18.2 Å². The average molecular weight is 460 g/mol. The molecule has 4 heterocycles. The quantitative estimate of drug-likeness (QED) is 0.598. The fourth-order valence-electron chi connectivity index (χ4n) is 3.64. The van der Waals surface area contributed by atoms with Crippen molar-refractivity contribution in [2.24, 2.45) is 5.73 Å². The highest BCUT2D eigenvalue weighted by Gasteiger charge is 2.27. The Kier molecular flexibility index (Phi) is 5.76. The second-order valence-corrected chi connectivity index (χ2v) is 9.72. The number of fused-ring (bicyclic) bond motifs is 1. The minimum Gasteiger partial charge on any atom is -0.462 e. The number of pyridine rings is 2. The first-order valence-electron chi connectivity index (χ1n) is 10.5. The summed E-state index contributed by atoms with van der Waals surface area (Å²) in [6.45, 7) is 8.95. The van der Waals surface area contributed by atoms with Gasteiger partial charge in [0.15, 0.2) is 22.4 Å². The predicted octanol–water partition coefficient (Wildman–Crippen LogP) is 2.99. The zero-order chi connectivity index (χ0) is 23.2. The number of carbonyl (C=O) groups excluding carboxylic acids is 1. The molecule has 1 unspecified atom stereocenters. The third kappa shape index (κ3) is 4.00. The highest BCUT2D eigenvalue weighted by molar-refractivity contribution is 7.12. The lowest BCUT2D eigenvalue weighted by molar-refractivity contribution is 0.0524. The highest BCUT2D eigenvalue weighted by atomic mass is 32.1. The molecule has 1 fully saturated rings. The summed E-state index contributed by atoms with van der Waals surface area (Å²) < 4.78 is 21.7. The van der Waals surface area contributed by atoms with E-state index in [1.807, 2.05) is 26.2 Å². The van der Waals surface area contributed by atoms with Crippen LogP contribution in [0.5, 0.6) is 0 Å². The molecule has 1 atom stereocenters. The summed E-state index contributed by atoms with van der Waals surface area (Å²) in [7, 11) is 0. The van der Waals surface area contributed by atoms with E-state index in [1.165, 1.54) is 17.5 Å². The Balaban J connectivity index is 1.98. The Morgan fingerprint density at radius 3 is 2.72 bits per heavy atom. The van der Waals surface area contributed by atoms with Crippen LogP contribution in [-0.2, 0) is 10.2 Å². The van der Waals surface area contributed by atoms with Crippen molar-refractivity contribution in [2.45, 2.75) is 45.6 Å². The van der Waals surface area contributed by atoms with Gasteiger partial charge in [0.25, 0.3) is 0 Å². The van der Waals surface area contributed by atoms with Gasteiger partial charge in [-0.05, 0) is 19.4 Å². The minimum atomic E-state index is -0.768. The summed E-state index contributed by atoms with van der Waals surface area (Å²) in [6.07, 6.45) is 2.12. The molecule has 3 aromatic heterocycles. The van der Waals surface area contributed by atoms with Crippen LogP contribution in [0, 0.1) is 5.82 Å². The molecule has 1 saturated heterocycles. The molecule has 0 amide bonds. The van der Waals surface area contributed by atoms with Crippen LogP contribution in [-0.4, -0.2) is 46.2 Å². The molecular weight excluding hydrogens is 433 g/mol. The summed E-state index contributed by atoms with van der Waals surface area (Å²) in [5, 5.41) is 2.44. The number of hydrogen-bond acceptors (Lipinski definition) is 8. The molecule has 3 aromatic rings. The van der Waals surface area contributed by atoms with Gasteiger partial charge in [0.1, 0.15) is 5.56 Å². The number of carbonyl (C=O) groups is 1. The van der Waals surface area contributed by atoms with Crippen molar-refractivity contribution in [1.29, 1.82) is 0 Å². The van der Waals surface area contributed by atoms with E-state index in [4.69, 9.17) is 15.5 Å². The molecule has 8 nitrogen and oxygen atoms in total. The number of rotatable bonds is 4. The summed E-state index contributed by atoms with van der Waals surface area (Å²) in [6, 6.07) is 1.08. The van der Waals surface area contributed by atoms with Crippen molar-refractivity contribution < 1.29 is 13.9 Å². The van der Waals surface area contributed by atoms with Crippen molar-refractivity contribution in [3.63, 3.8) is 0 Å². The van der Waals surface area contributed by atoms with Crippen LogP contribution >= 0.6 is 11.3 Å². The van der Waals surface area contributed by atoms with Gasteiger partial charge >= 0.3 is 5.97 Å². The Labute approximate surface area is 188 Å². The maximum Gasteiger partial charge on any atom is 0.343 e. The Morgan fingerprint density at radius 1 is 1.38 bits per heavy atom. The maximum atomic E-state index is 15.0. The van der Waals surface area contributed by atoms with Gasteiger partial charge in [0.05, 0.1) is 17.7 Å². The second-order valence-electron chi connectivity index (χ2n) is 8.89. The van der Waals surface area contributed by atoms with Crippen LogP contribution in [0.4, 0.5) is 10.2 Å². The van der Waals surface area contributed by atoms with E-state index < -0.39 is 17.2 Å². The number of halogens is 1. The van der Waals surface area contributed by atoms with Crippen molar-refractivity contribution in [3.05, 3.63) is 44.9 Å². The van der Waals surface area contributed by atoms with Gasteiger partial charge in [0, 0.05) is 36.1 Å². The van der Waals surface area contributed by atoms with Gasteiger partial charge < -0.3 is 15.4 Å². The van der Waals surface area contributed by atoms with E-state index in [2.05, 4.69) is 4.98 Å². The van der Waals surface area contributed by atoms with E-state index in [1.54, 1.807) is 16.4 Å². The summed E-state index contributed by atoms with van der Waals surface area (Å²) in [4.78, 5) is 36.5. The monoisotopic (exact) mass is 459 g/mol. The molecule has 0 spiro atoms. The molecule has 0 saturated carbocycles. The van der Waals surface area contributed by atoms with Crippen LogP contribution in [0.2, 0.25) is 0 Å². The molecule has 0 aromatic carbocycles. The first-order chi connectivity index (χ1) is 15.1. The fourth-order valence-corrected chi connectivity index (χ4v) is 4.66. The van der Waals surface area contributed by atoms with E-state index in [0.717, 1.165) is 18.2 Å². The number of nitrogens with zero attached hydrogens (tertiary/aromatic N) is 4. The minimum absolute atomic E-state index is 0.00666. The number of anilines is 1. The van der Waals surface area contributed by atoms with E-state index in [-0.39, 0.29) is 40.5 Å². The van der Waals surface area contributed by atoms with E-state index in [9.17, 15) is 9.59 Å². The lowest BCUT2D eigenvalue weighted by Gasteiger charge is -2.19. The molecule has 1 aliphatic rings. The first-order valence-corrected chi connectivity index (χ1v) is 11.4. The Hall–Kier alpha value is -2.85. The van der Waals surface area contributed by atoms with Crippen molar-refractivity contribution in [2.75, 3.05) is 24.6 Å². The van der Waals surface area contributed by atoms with Gasteiger partial charge in [-0.2, -0.15) is 0 Å². The SMILES string of the molecule is CCOC(=O)c1cn(-c2nc(C(C)(C)C)cs2)c2nc(N3CCC(N)C3)c(F)cc2c1=O. The number of hydrogen-bond donors (Lipinski definition) is 1. The highest BCUT2D eigenvalue weighted by Crippen LogP contribution is 2.29. The zero-order valence-electron chi connectivity index (χ0n) is 18.5. The molecule has 0 bridgehead atoms. The van der Waals surface area contributed by atoms with Crippen LogP contribution < -0.4 is 16.1 Å². The van der Waals surface area contributed by atoms with E-state index >= 15 is 4.39 Å². The number of aromatic nitrogens is 3. The largest absolute Gasteiger partial charge is 0.462 e. The van der Waals surface area contributed by atoms with Gasteiger partial charge in [-0.3, -0.25) is 9.36 Å². The molecule has 32 heavy (non-hydrogen) atoms. The molecule has 0 aliphatic carbocycles. The van der Waals surface area contributed by atoms with Crippen molar-refractivity contribution in [1.82, 2.24) is 14.5 Å². The van der Waals surface area contributed by atoms with Gasteiger partial charge in [-0.25, -0.2) is 19.2 Å². The summed E-state index contributed by atoms with van der Waals surface area (Å²) in [5.74, 6) is -1.27. The number of nitrogens with two attached hydrogens (primary N) is 1. The van der Waals surface area contributed by atoms with Gasteiger partial charge in [-0.15, -0.1) is 11.3 Å². The lowest BCUT2D eigenvalue weighted by atomic mass is 9.93. The Morgan fingerprint density at radius 2 is 2.12 bits per heavy atom. The molecule has 1 aliphatic heterocycles. The third-order valence-electron chi connectivity index (χ3n) is 5.40. The Bertz CT molecular complexity index is 1250. The third-order valence-corrected chi connectivity index (χ3v) is 6.24. The first kappa shape index (κ1) is 22.3. The summed E-state index contributed by atoms with van der Waals surface area (Å²) >= 11 is 1.36. The van der Waals surface area contributed by atoms with Gasteiger partial charge in [-0.1, -0.05) is 20.8 Å². The predicted molar refractivity (Wildman–Crippen MR) is 122 cm³/mol. The molecule has 170 valence electrons. The van der Waals surface area contributed by atoms with Crippen LogP contribution in [0.3, 0.4) is 0 Å². The van der Waals surface area contributed by atoms with Crippen LogP contribution in [0.15, 0.2) is 22.4 Å². The zero-order valence-corrected chi connectivity index (χ0v) is 19.3. The molecule has 4 rings (SSSR count). The van der Waals surface area contributed by atoms with Crippen LogP contribution in [0.1, 0.15) is 50.2 Å². The van der Waals surface area contributed by atoms with Crippen molar-refractivity contribution >= 4 is 34.2 Å². The number of thiazole rings is 1. The normalized spacial score (nSPS) is 16.7. The maximum absolute atomic E-state index is 15.0. The average Bonchev–Trinajstić information content (AvgIpc) is 3.38. The number of ether oxygens (including phenoxy) is 1. The number of esters is 1. The van der Waals surface area contributed by atoms with Crippen molar-refractivity contribution in [3.8, 4) is 5.13 Å². The summed E-state index contributed by atoms with van der Waals surface area (Å²) in [5.41, 5.74) is 6.07. The fraction of sp³-hybridized carbons (Fsp3) is 0.455. The smallest absolute Gasteiger partial charge is 0.343 e. The molecule has 10 heteroatoms. The standard InChI is InChI=1S/C22H26FN5O3S/c1-5-31-20(30)14-10-28(21-25-16(11-32-21)22(2,3)4)18-13(17(14)29)8-15(23)19(26-18)27-7-6-12(24)9-27/h8,10-12H,5-7,9,24H2,1-4H3. The van der Waals surface area contributed by atoms with Gasteiger partial charge in [0.2, 0.25) is 5.43 Å². The topological polar surface area (TPSA) is 103 Å². The molecule has 0 radical (unpaired) electrons. The lowest BCUT2D eigenvalue weighted by Crippen LogP contribution is -2.28. The molecular formula is C22H26FN5O3S. The second kappa shape index (κ2) is 8.25. The molecule has 2 N–H and O–H groups in total. The van der Waals surface area contributed by atoms with Crippen LogP contribution in [0.25, 0.3) is 16.2 Å².